The van der Waals surface area contributed by atoms with Gasteiger partial charge in [0.1, 0.15) is 0 Å². The minimum Gasteiger partial charge on any atom is -0.391 e. The summed E-state index contributed by atoms with van der Waals surface area (Å²) in [6, 6.07) is 11.6. The van der Waals surface area contributed by atoms with Crippen molar-refractivity contribution < 1.29 is 9.90 Å². The van der Waals surface area contributed by atoms with E-state index in [0.29, 0.717) is 18.8 Å². The zero-order valence-electron chi connectivity index (χ0n) is 14.4. The van der Waals surface area contributed by atoms with Gasteiger partial charge in [0.2, 0.25) is 0 Å². The lowest BCUT2D eigenvalue weighted by Crippen LogP contribution is -2.45. The maximum Gasteiger partial charge on any atom is 0.276 e. The highest BCUT2D eigenvalue weighted by atomic mass is 32.1. The van der Waals surface area contributed by atoms with Crippen molar-refractivity contribution in [2.75, 3.05) is 13.1 Å². The fourth-order valence-electron chi connectivity index (χ4n) is 3.42. The van der Waals surface area contributed by atoms with E-state index in [1.54, 1.807) is 27.1 Å². The summed E-state index contributed by atoms with van der Waals surface area (Å²) in [5.41, 5.74) is 2.36. The van der Waals surface area contributed by atoms with Crippen molar-refractivity contribution in [1.82, 2.24) is 19.9 Å². The molecule has 3 heterocycles. The third-order valence-corrected chi connectivity index (χ3v) is 5.99. The minimum absolute atomic E-state index is 0.0963. The Balaban J connectivity index is 1.47. The molecule has 3 aromatic rings. The minimum atomic E-state index is -0.561. The number of aliphatic hydroxyl groups excluding tert-OH is 1. The van der Waals surface area contributed by atoms with Gasteiger partial charge in [-0.3, -0.25) is 4.79 Å². The van der Waals surface area contributed by atoms with Crippen LogP contribution in [0, 0.1) is 6.92 Å². The topological polar surface area (TPSA) is 71.2 Å². The molecule has 1 fully saturated rings. The van der Waals surface area contributed by atoms with Gasteiger partial charge in [-0.15, -0.1) is 16.4 Å². The number of aliphatic hydroxyl groups is 1. The van der Waals surface area contributed by atoms with Gasteiger partial charge in [-0.1, -0.05) is 23.4 Å². The number of hydrogen-bond donors (Lipinski definition) is 1. The first-order valence-corrected chi connectivity index (χ1v) is 9.50. The molecule has 1 aliphatic heterocycles. The second-order valence-corrected chi connectivity index (χ2v) is 7.51. The van der Waals surface area contributed by atoms with E-state index in [1.165, 1.54) is 10.4 Å². The maximum absolute atomic E-state index is 12.8. The van der Waals surface area contributed by atoms with Crippen LogP contribution < -0.4 is 0 Å². The van der Waals surface area contributed by atoms with Crippen molar-refractivity contribution in [2.45, 2.75) is 25.4 Å². The summed E-state index contributed by atoms with van der Waals surface area (Å²) >= 11 is 1.68. The van der Waals surface area contributed by atoms with Gasteiger partial charge >= 0.3 is 0 Å². The lowest BCUT2D eigenvalue weighted by molar-refractivity contribution is 0.0382. The monoisotopic (exact) mass is 368 g/mol. The van der Waals surface area contributed by atoms with Gasteiger partial charge in [-0.25, -0.2) is 4.68 Å². The van der Waals surface area contributed by atoms with E-state index >= 15 is 0 Å². The molecule has 0 unspecified atom stereocenters. The van der Waals surface area contributed by atoms with Gasteiger partial charge in [-0.05, 0) is 42.5 Å². The van der Waals surface area contributed by atoms with Crippen LogP contribution in [-0.4, -0.2) is 50.1 Å². The van der Waals surface area contributed by atoms with Crippen LogP contribution in [0.3, 0.4) is 0 Å². The highest BCUT2D eigenvalue weighted by Gasteiger charge is 2.33. The van der Waals surface area contributed by atoms with Gasteiger partial charge < -0.3 is 10.0 Å². The number of β-amino-alcohol motifs (C(OH)–C–C–N with tert-alkyl or cyclic N) is 1. The number of aromatic nitrogens is 3. The number of benzene rings is 1. The van der Waals surface area contributed by atoms with E-state index in [0.717, 1.165) is 12.1 Å². The quantitative estimate of drug-likeness (QED) is 0.771. The molecule has 7 heteroatoms. The average Bonchev–Trinajstić information content (AvgIpc) is 3.31. The number of amides is 1. The second-order valence-electron chi connectivity index (χ2n) is 6.57. The number of hydrogen-bond acceptors (Lipinski definition) is 5. The molecule has 26 heavy (non-hydrogen) atoms. The van der Waals surface area contributed by atoms with Crippen molar-refractivity contribution in [1.29, 1.82) is 0 Å². The molecule has 4 rings (SSSR count). The summed E-state index contributed by atoms with van der Waals surface area (Å²) in [6.07, 6.45) is 1.83. The van der Waals surface area contributed by atoms with Crippen molar-refractivity contribution in [3.63, 3.8) is 0 Å². The Kier molecular flexibility index (Phi) is 4.57. The van der Waals surface area contributed by atoms with Crippen LogP contribution in [-0.2, 0) is 0 Å². The molecular formula is C19H20N4O2S. The Morgan fingerprint density at radius 2 is 2.08 bits per heavy atom. The highest BCUT2D eigenvalue weighted by molar-refractivity contribution is 7.10. The molecule has 6 nitrogen and oxygen atoms in total. The van der Waals surface area contributed by atoms with Crippen molar-refractivity contribution in [3.8, 4) is 5.69 Å². The molecule has 0 aliphatic carbocycles. The van der Waals surface area contributed by atoms with Crippen LogP contribution in [0.4, 0.5) is 0 Å². The molecule has 1 aromatic carbocycles. The normalized spacial score (nSPS) is 20.3. The van der Waals surface area contributed by atoms with Gasteiger partial charge in [-0.2, -0.15) is 0 Å². The van der Waals surface area contributed by atoms with E-state index in [-0.39, 0.29) is 11.8 Å². The summed E-state index contributed by atoms with van der Waals surface area (Å²) in [7, 11) is 0. The van der Waals surface area contributed by atoms with Crippen LogP contribution in [0.5, 0.6) is 0 Å². The molecule has 0 spiro atoms. The Hall–Kier alpha value is -2.51. The van der Waals surface area contributed by atoms with E-state index in [1.807, 2.05) is 30.3 Å². The second kappa shape index (κ2) is 7.01. The Bertz CT molecular complexity index is 905. The fourth-order valence-corrected chi connectivity index (χ4v) is 4.54. The SMILES string of the molecule is Cc1ccsc1[C@@H]1CCN(C(=O)c2cn(-c3ccccc3)nn2)C[C@H]1O. The van der Waals surface area contributed by atoms with Crippen LogP contribution in [0.1, 0.15) is 33.3 Å². The molecule has 2 atom stereocenters. The van der Waals surface area contributed by atoms with E-state index in [2.05, 4.69) is 28.7 Å². The van der Waals surface area contributed by atoms with Crippen LogP contribution >= 0.6 is 11.3 Å². The number of rotatable bonds is 3. The summed E-state index contributed by atoms with van der Waals surface area (Å²) in [5, 5.41) is 20.7. The predicted octanol–water partition coefficient (Wildman–Crippen LogP) is 2.63. The zero-order valence-corrected chi connectivity index (χ0v) is 15.3. The van der Waals surface area contributed by atoms with Crippen molar-refractivity contribution in [3.05, 3.63) is 64.1 Å². The fraction of sp³-hybridized carbons (Fsp3) is 0.316. The molecule has 1 aliphatic rings. The van der Waals surface area contributed by atoms with Crippen LogP contribution in [0.2, 0.25) is 0 Å². The van der Waals surface area contributed by atoms with Crippen molar-refractivity contribution in [2.24, 2.45) is 0 Å². The highest BCUT2D eigenvalue weighted by Crippen LogP contribution is 2.34. The Morgan fingerprint density at radius 3 is 2.77 bits per heavy atom. The molecule has 2 aromatic heterocycles. The van der Waals surface area contributed by atoms with Gasteiger partial charge in [0.05, 0.1) is 18.0 Å². The van der Waals surface area contributed by atoms with Crippen LogP contribution in [0.15, 0.2) is 48.0 Å². The smallest absolute Gasteiger partial charge is 0.276 e. The summed E-state index contributed by atoms with van der Waals surface area (Å²) in [5.74, 6) is -0.0911. The molecule has 1 saturated heterocycles. The first-order chi connectivity index (χ1) is 12.6. The molecule has 1 N–H and O–H groups in total. The summed E-state index contributed by atoms with van der Waals surface area (Å²) in [6.45, 7) is 2.99. The summed E-state index contributed by atoms with van der Waals surface area (Å²) in [4.78, 5) is 15.6. The van der Waals surface area contributed by atoms with Gasteiger partial charge in [0.15, 0.2) is 5.69 Å². The Morgan fingerprint density at radius 1 is 1.27 bits per heavy atom. The number of likely N-dealkylation sites (tertiary alicyclic amines) is 1. The first kappa shape index (κ1) is 16.9. The number of thiophene rings is 1. The number of carbonyl (C=O) groups is 1. The van der Waals surface area contributed by atoms with E-state index < -0.39 is 6.10 Å². The number of nitrogens with zero attached hydrogens (tertiary/aromatic N) is 4. The van der Waals surface area contributed by atoms with E-state index in [4.69, 9.17) is 0 Å². The molecular weight excluding hydrogens is 348 g/mol. The van der Waals surface area contributed by atoms with Gasteiger partial charge in [0, 0.05) is 23.9 Å². The third-order valence-electron chi connectivity index (χ3n) is 4.84. The molecule has 0 bridgehead atoms. The van der Waals surface area contributed by atoms with Crippen LogP contribution in [0.25, 0.3) is 5.69 Å². The number of aryl methyl sites for hydroxylation is 1. The van der Waals surface area contributed by atoms with E-state index in [9.17, 15) is 9.90 Å². The number of carbonyl (C=O) groups excluding carboxylic acids is 1. The average molecular weight is 368 g/mol. The third kappa shape index (κ3) is 3.15. The largest absolute Gasteiger partial charge is 0.391 e. The first-order valence-electron chi connectivity index (χ1n) is 8.62. The standard InChI is InChI=1S/C19H20N4O2S/c1-13-8-10-26-18(13)15-7-9-22(12-17(15)24)19(25)16-11-23(21-20-16)14-5-3-2-4-6-14/h2-6,8,10-11,15,17,24H,7,9,12H2,1H3/t15-,17-/m1/s1. The van der Waals surface area contributed by atoms with Gasteiger partial charge in [0.25, 0.3) is 5.91 Å². The summed E-state index contributed by atoms with van der Waals surface area (Å²) < 4.78 is 1.59. The molecule has 1 amide bonds. The van der Waals surface area contributed by atoms with Crippen molar-refractivity contribution >= 4 is 17.2 Å². The molecule has 0 radical (unpaired) electrons. The number of para-hydroxylation sites is 1. The predicted molar refractivity (Wildman–Crippen MR) is 99.7 cm³/mol. The molecule has 0 saturated carbocycles. The molecule has 134 valence electrons. The lowest BCUT2D eigenvalue weighted by Gasteiger charge is -2.35. The number of piperidine rings is 1. The lowest BCUT2D eigenvalue weighted by atomic mass is 9.90. The maximum atomic E-state index is 12.8. The zero-order chi connectivity index (χ0) is 18.1. The Labute approximate surface area is 155 Å².